The summed E-state index contributed by atoms with van der Waals surface area (Å²) in [4.78, 5) is 11.4. The summed E-state index contributed by atoms with van der Waals surface area (Å²) in [6.45, 7) is 2.61. The Hall–Kier alpha value is -1.56. The molecule has 0 aliphatic rings. The minimum Gasteiger partial charge on any atom is -0.383 e. The lowest BCUT2D eigenvalue weighted by Gasteiger charge is -2.12. The van der Waals surface area contributed by atoms with Gasteiger partial charge in [0.2, 0.25) is 5.91 Å². The van der Waals surface area contributed by atoms with Gasteiger partial charge in [-0.1, -0.05) is 0 Å². The lowest BCUT2D eigenvalue weighted by molar-refractivity contribution is -0.120. The van der Waals surface area contributed by atoms with Gasteiger partial charge in [-0.25, -0.2) is 0 Å². The van der Waals surface area contributed by atoms with Crippen molar-refractivity contribution in [3.8, 4) is 0 Å². The average Bonchev–Trinajstić information content (AvgIpc) is 2.61. The molecule has 0 spiro atoms. The normalized spacial score (nSPS) is 12.2. The fraction of sp³-hybridized carbons (Fsp3) is 0.600. The Bertz CT molecular complexity index is 337. The molecule has 1 rings (SSSR count). The SMILES string of the molecule is COCC(C)NC(=O)CNc1ccn(C)n1. The summed E-state index contributed by atoms with van der Waals surface area (Å²) in [5.41, 5.74) is 0. The molecule has 0 bridgehead atoms. The second kappa shape index (κ2) is 6.12. The van der Waals surface area contributed by atoms with Crippen molar-refractivity contribution in [1.82, 2.24) is 15.1 Å². The first-order valence-electron chi connectivity index (χ1n) is 5.13. The van der Waals surface area contributed by atoms with Crippen molar-refractivity contribution in [3.63, 3.8) is 0 Å². The van der Waals surface area contributed by atoms with E-state index in [2.05, 4.69) is 15.7 Å². The van der Waals surface area contributed by atoms with Crippen LogP contribution >= 0.6 is 0 Å². The molecule has 0 saturated carbocycles. The van der Waals surface area contributed by atoms with Gasteiger partial charge >= 0.3 is 0 Å². The Kier molecular flexibility index (Phi) is 4.78. The van der Waals surface area contributed by atoms with Gasteiger partial charge in [0.1, 0.15) is 5.82 Å². The van der Waals surface area contributed by atoms with E-state index in [-0.39, 0.29) is 18.5 Å². The van der Waals surface area contributed by atoms with Crippen molar-refractivity contribution >= 4 is 11.7 Å². The summed E-state index contributed by atoms with van der Waals surface area (Å²) in [5.74, 6) is 0.618. The van der Waals surface area contributed by atoms with Gasteiger partial charge in [-0.2, -0.15) is 5.10 Å². The topological polar surface area (TPSA) is 68.2 Å². The number of nitrogens with one attached hydrogen (secondary N) is 2. The maximum atomic E-state index is 11.4. The predicted octanol–water partition coefficient (Wildman–Crippen LogP) is -0.0169. The van der Waals surface area contributed by atoms with Crippen molar-refractivity contribution in [2.24, 2.45) is 7.05 Å². The third-order valence-corrected chi connectivity index (χ3v) is 1.97. The van der Waals surface area contributed by atoms with Crippen molar-refractivity contribution in [1.29, 1.82) is 0 Å². The predicted molar refractivity (Wildman–Crippen MR) is 61.2 cm³/mol. The summed E-state index contributed by atoms with van der Waals surface area (Å²) in [5, 5.41) is 9.82. The van der Waals surface area contributed by atoms with Gasteiger partial charge in [-0.3, -0.25) is 9.48 Å². The van der Waals surface area contributed by atoms with Crippen LogP contribution in [0.3, 0.4) is 0 Å². The molecular weight excluding hydrogens is 208 g/mol. The number of rotatable bonds is 6. The molecule has 0 radical (unpaired) electrons. The van der Waals surface area contributed by atoms with E-state index in [1.165, 1.54) is 0 Å². The molecule has 0 aliphatic carbocycles. The van der Waals surface area contributed by atoms with Gasteiger partial charge in [0.15, 0.2) is 0 Å². The zero-order valence-electron chi connectivity index (χ0n) is 9.86. The van der Waals surface area contributed by atoms with E-state index in [0.717, 1.165) is 0 Å². The number of methoxy groups -OCH3 is 1. The minimum absolute atomic E-state index is 0.0167. The van der Waals surface area contributed by atoms with Crippen molar-refractivity contribution < 1.29 is 9.53 Å². The minimum atomic E-state index is -0.0739. The second-order valence-electron chi connectivity index (χ2n) is 3.65. The molecular formula is C10H18N4O2. The third kappa shape index (κ3) is 4.31. The fourth-order valence-electron chi connectivity index (χ4n) is 1.30. The van der Waals surface area contributed by atoms with Crippen LogP contribution in [0.1, 0.15) is 6.92 Å². The second-order valence-corrected chi connectivity index (χ2v) is 3.65. The highest BCUT2D eigenvalue weighted by atomic mass is 16.5. The number of carbonyl (C=O) groups excluding carboxylic acids is 1. The number of aryl methyl sites for hydroxylation is 1. The molecule has 1 aromatic heterocycles. The standard InChI is InChI=1S/C10H18N4O2/c1-8(7-16-3)12-10(15)6-11-9-4-5-14(2)13-9/h4-5,8H,6-7H2,1-3H3,(H,11,13)(H,12,15). The molecule has 1 atom stereocenters. The molecule has 1 amide bonds. The Morgan fingerprint density at radius 2 is 2.44 bits per heavy atom. The first kappa shape index (κ1) is 12.5. The van der Waals surface area contributed by atoms with Gasteiger partial charge in [-0.15, -0.1) is 0 Å². The first-order valence-corrected chi connectivity index (χ1v) is 5.13. The van der Waals surface area contributed by atoms with Gasteiger partial charge in [0, 0.05) is 32.5 Å². The molecule has 16 heavy (non-hydrogen) atoms. The Balaban J connectivity index is 2.25. The van der Waals surface area contributed by atoms with E-state index < -0.39 is 0 Å². The number of carbonyl (C=O) groups is 1. The third-order valence-electron chi connectivity index (χ3n) is 1.97. The van der Waals surface area contributed by atoms with E-state index in [1.807, 2.05) is 26.2 Å². The summed E-state index contributed by atoms with van der Waals surface area (Å²) in [7, 11) is 3.43. The first-order chi connectivity index (χ1) is 7.61. The van der Waals surface area contributed by atoms with E-state index in [1.54, 1.807) is 11.8 Å². The van der Waals surface area contributed by atoms with Gasteiger partial charge < -0.3 is 15.4 Å². The number of hydrogen-bond acceptors (Lipinski definition) is 4. The Morgan fingerprint density at radius 1 is 1.69 bits per heavy atom. The molecule has 0 fully saturated rings. The molecule has 6 heteroatoms. The molecule has 6 nitrogen and oxygen atoms in total. The van der Waals surface area contributed by atoms with Crippen molar-refractivity contribution in [2.45, 2.75) is 13.0 Å². The maximum Gasteiger partial charge on any atom is 0.239 e. The zero-order chi connectivity index (χ0) is 12.0. The number of hydrogen-bond donors (Lipinski definition) is 2. The van der Waals surface area contributed by atoms with E-state index in [0.29, 0.717) is 12.4 Å². The summed E-state index contributed by atoms with van der Waals surface area (Å²) in [6, 6.07) is 1.83. The lowest BCUT2D eigenvalue weighted by atomic mass is 10.3. The molecule has 1 unspecified atom stereocenters. The van der Waals surface area contributed by atoms with E-state index in [9.17, 15) is 4.79 Å². The van der Waals surface area contributed by atoms with Crippen molar-refractivity contribution in [3.05, 3.63) is 12.3 Å². The number of amides is 1. The molecule has 1 aromatic rings. The van der Waals surface area contributed by atoms with E-state index >= 15 is 0 Å². The van der Waals surface area contributed by atoms with Crippen LogP contribution in [0.4, 0.5) is 5.82 Å². The van der Waals surface area contributed by atoms with Crippen LogP contribution in [0.25, 0.3) is 0 Å². The number of aromatic nitrogens is 2. The highest BCUT2D eigenvalue weighted by Crippen LogP contribution is 1.99. The summed E-state index contributed by atoms with van der Waals surface area (Å²) >= 11 is 0. The van der Waals surface area contributed by atoms with Crippen LogP contribution in [-0.4, -0.2) is 42.0 Å². The Labute approximate surface area is 95.0 Å². The van der Waals surface area contributed by atoms with Crippen LogP contribution in [0, 0.1) is 0 Å². The number of ether oxygens (including phenoxy) is 1. The number of anilines is 1. The lowest BCUT2D eigenvalue weighted by Crippen LogP contribution is -2.39. The molecule has 90 valence electrons. The molecule has 1 heterocycles. The van der Waals surface area contributed by atoms with Gasteiger partial charge in [-0.05, 0) is 6.92 Å². The van der Waals surface area contributed by atoms with Crippen LogP contribution in [0.5, 0.6) is 0 Å². The van der Waals surface area contributed by atoms with Crippen LogP contribution in [0.15, 0.2) is 12.3 Å². The smallest absolute Gasteiger partial charge is 0.239 e. The van der Waals surface area contributed by atoms with Crippen LogP contribution in [0.2, 0.25) is 0 Å². The monoisotopic (exact) mass is 226 g/mol. The highest BCUT2D eigenvalue weighted by Gasteiger charge is 2.06. The zero-order valence-corrected chi connectivity index (χ0v) is 9.86. The fourth-order valence-corrected chi connectivity index (χ4v) is 1.30. The molecule has 0 aromatic carbocycles. The Morgan fingerprint density at radius 3 is 3.00 bits per heavy atom. The van der Waals surface area contributed by atoms with Crippen molar-refractivity contribution in [2.75, 3.05) is 25.6 Å². The van der Waals surface area contributed by atoms with Gasteiger partial charge in [0.05, 0.1) is 13.2 Å². The summed E-state index contributed by atoms with van der Waals surface area (Å²) in [6.07, 6.45) is 1.81. The van der Waals surface area contributed by atoms with Crippen LogP contribution in [-0.2, 0) is 16.6 Å². The highest BCUT2D eigenvalue weighted by molar-refractivity contribution is 5.80. The molecule has 2 N–H and O–H groups in total. The molecule has 0 saturated heterocycles. The van der Waals surface area contributed by atoms with Crippen LogP contribution < -0.4 is 10.6 Å². The largest absolute Gasteiger partial charge is 0.383 e. The number of nitrogens with zero attached hydrogens (tertiary/aromatic N) is 2. The summed E-state index contributed by atoms with van der Waals surface area (Å²) < 4.78 is 6.59. The van der Waals surface area contributed by atoms with E-state index in [4.69, 9.17) is 4.74 Å². The molecule has 0 aliphatic heterocycles. The van der Waals surface area contributed by atoms with Gasteiger partial charge in [0.25, 0.3) is 0 Å². The average molecular weight is 226 g/mol. The quantitative estimate of drug-likeness (QED) is 0.715. The maximum absolute atomic E-state index is 11.4.